The molecule has 2 aromatic rings. The highest BCUT2D eigenvalue weighted by Gasteiger charge is 2.30. The largest absolute Gasteiger partial charge is 0.493 e. The highest BCUT2D eigenvalue weighted by Crippen LogP contribution is 2.43. The molecule has 0 spiro atoms. The Morgan fingerprint density at radius 1 is 1.35 bits per heavy atom. The van der Waals surface area contributed by atoms with E-state index in [1.807, 2.05) is 37.3 Å². The Morgan fingerprint density at radius 3 is 2.81 bits per heavy atom. The zero-order valence-electron chi connectivity index (χ0n) is 14.9. The second kappa shape index (κ2) is 8.11. The number of nitrogens with two attached hydrogens (primary N) is 1. The number of rotatable bonds is 3. The van der Waals surface area contributed by atoms with Crippen molar-refractivity contribution in [2.75, 3.05) is 6.61 Å². The molecule has 0 aromatic heterocycles. The van der Waals surface area contributed by atoms with Gasteiger partial charge in [-0.25, -0.2) is 0 Å². The summed E-state index contributed by atoms with van der Waals surface area (Å²) in [7, 11) is 0. The molecule has 2 aromatic carbocycles. The van der Waals surface area contributed by atoms with Crippen molar-refractivity contribution in [1.29, 1.82) is 0 Å². The highest BCUT2D eigenvalue weighted by molar-refractivity contribution is 6.30. The molecule has 5 heteroatoms. The molecule has 1 aliphatic carbocycles. The van der Waals surface area contributed by atoms with Gasteiger partial charge in [-0.05, 0) is 60.6 Å². The van der Waals surface area contributed by atoms with Gasteiger partial charge in [0.15, 0.2) is 0 Å². The van der Waals surface area contributed by atoms with Gasteiger partial charge in [0.05, 0.1) is 13.0 Å². The number of fused-ring (bicyclic) bond motifs is 3. The Morgan fingerprint density at radius 2 is 2.15 bits per heavy atom. The van der Waals surface area contributed by atoms with Crippen molar-refractivity contribution in [3.63, 3.8) is 0 Å². The lowest BCUT2D eigenvalue weighted by Gasteiger charge is -2.12. The predicted molar refractivity (Wildman–Crippen MR) is 103 cm³/mol. The number of hydrogen-bond donors (Lipinski definition) is 2. The summed E-state index contributed by atoms with van der Waals surface area (Å²) in [5.74, 6) is 0.467. The number of hydrogen-bond acceptors (Lipinski definition) is 3. The van der Waals surface area contributed by atoms with E-state index in [1.165, 1.54) is 16.7 Å². The molecule has 3 N–H and O–H groups in total. The van der Waals surface area contributed by atoms with Gasteiger partial charge in [0.1, 0.15) is 5.75 Å². The average molecular weight is 374 g/mol. The van der Waals surface area contributed by atoms with Crippen molar-refractivity contribution in [3.8, 4) is 5.75 Å². The number of carboxylic acid groups (broad SMARTS) is 1. The number of aliphatic carboxylic acids is 1. The van der Waals surface area contributed by atoms with Gasteiger partial charge in [0.2, 0.25) is 0 Å². The van der Waals surface area contributed by atoms with E-state index in [0.717, 1.165) is 42.2 Å². The molecule has 0 radical (unpaired) electrons. The number of carboxylic acids is 1. The summed E-state index contributed by atoms with van der Waals surface area (Å²) in [4.78, 5) is 10.8. The molecule has 0 saturated carbocycles. The van der Waals surface area contributed by atoms with Crippen LogP contribution in [0, 0.1) is 0 Å². The van der Waals surface area contributed by atoms with E-state index >= 15 is 0 Å². The first-order valence-corrected chi connectivity index (χ1v) is 9.33. The van der Waals surface area contributed by atoms with Crippen LogP contribution in [0.1, 0.15) is 54.0 Å². The predicted octanol–water partition coefficient (Wildman–Crippen LogP) is 4.49. The summed E-state index contributed by atoms with van der Waals surface area (Å²) in [6, 6.07) is 11.8. The summed E-state index contributed by atoms with van der Waals surface area (Å²) in [6.45, 7) is 2.68. The standard InChI is InChI=1S/C13H14O3.C8H10ClN/c14-12(15)7-9-2-1-8-3-4-11-10(13(8)9)5-6-16-11;1-6(10)7-3-2-4-8(9)5-7/h3-4,9H,1-2,5-7H2,(H,14,15);2-6H,10H2,1H3/t9-;6-/m10/s1. The molecular weight excluding hydrogens is 350 g/mol. The first-order valence-electron chi connectivity index (χ1n) is 8.96. The molecule has 0 bridgehead atoms. The average Bonchev–Trinajstić information content (AvgIpc) is 3.21. The molecule has 4 nitrogen and oxygen atoms in total. The number of benzene rings is 2. The second-order valence-electron chi connectivity index (χ2n) is 6.89. The Labute approximate surface area is 158 Å². The van der Waals surface area contributed by atoms with Gasteiger partial charge < -0.3 is 15.6 Å². The van der Waals surface area contributed by atoms with Gasteiger partial charge >= 0.3 is 5.97 Å². The Bertz CT molecular complexity index is 804. The quantitative estimate of drug-likeness (QED) is 0.831. The summed E-state index contributed by atoms with van der Waals surface area (Å²) in [6.07, 6.45) is 3.18. The fourth-order valence-corrected chi connectivity index (χ4v) is 3.95. The fraction of sp³-hybridized carbons (Fsp3) is 0.381. The Balaban J connectivity index is 0.000000170. The third-order valence-electron chi connectivity index (χ3n) is 4.98. The van der Waals surface area contributed by atoms with Crippen molar-refractivity contribution in [2.24, 2.45) is 5.73 Å². The van der Waals surface area contributed by atoms with Gasteiger partial charge in [-0.1, -0.05) is 29.8 Å². The van der Waals surface area contributed by atoms with Crippen LogP contribution in [0.2, 0.25) is 5.02 Å². The molecule has 1 aliphatic heterocycles. The summed E-state index contributed by atoms with van der Waals surface area (Å²) < 4.78 is 5.53. The molecule has 0 amide bonds. The van der Waals surface area contributed by atoms with E-state index in [0.29, 0.717) is 0 Å². The zero-order valence-corrected chi connectivity index (χ0v) is 15.6. The lowest BCUT2D eigenvalue weighted by molar-refractivity contribution is -0.137. The minimum atomic E-state index is -0.700. The molecule has 4 rings (SSSR count). The highest BCUT2D eigenvalue weighted by atomic mass is 35.5. The maximum atomic E-state index is 10.8. The zero-order chi connectivity index (χ0) is 18.7. The van der Waals surface area contributed by atoms with E-state index in [9.17, 15) is 4.79 Å². The minimum Gasteiger partial charge on any atom is -0.493 e. The molecule has 26 heavy (non-hydrogen) atoms. The minimum absolute atomic E-state index is 0.0682. The molecule has 138 valence electrons. The summed E-state index contributed by atoms with van der Waals surface area (Å²) >= 11 is 5.73. The monoisotopic (exact) mass is 373 g/mol. The Hall–Kier alpha value is -2.04. The third kappa shape index (κ3) is 4.19. The lowest BCUT2D eigenvalue weighted by Crippen LogP contribution is -2.05. The van der Waals surface area contributed by atoms with Gasteiger partial charge in [-0.2, -0.15) is 0 Å². The normalized spacial score (nSPS) is 18.2. The van der Waals surface area contributed by atoms with E-state index < -0.39 is 5.97 Å². The number of carbonyl (C=O) groups is 1. The van der Waals surface area contributed by atoms with Crippen molar-refractivity contribution in [1.82, 2.24) is 0 Å². The van der Waals surface area contributed by atoms with Crippen LogP contribution in [0.15, 0.2) is 36.4 Å². The molecule has 2 atom stereocenters. The molecule has 0 saturated heterocycles. The van der Waals surface area contributed by atoms with Crippen LogP contribution in [0.4, 0.5) is 0 Å². The van der Waals surface area contributed by atoms with Gasteiger partial charge in [0, 0.05) is 23.0 Å². The Kier molecular flexibility index (Phi) is 5.84. The first kappa shape index (κ1) is 18.7. The molecule has 1 heterocycles. The van der Waals surface area contributed by atoms with Crippen LogP contribution in [0.25, 0.3) is 0 Å². The lowest BCUT2D eigenvalue weighted by atomic mass is 9.92. The van der Waals surface area contributed by atoms with E-state index in [2.05, 4.69) is 6.07 Å². The fourth-order valence-electron chi connectivity index (χ4n) is 3.75. The maximum Gasteiger partial charge on any atom is 0.303 e. The number of ether oxygens (including phenoxy) is 1. The summed E-state index contributed by atoms with van der Waals surface area (Å²) in [5.41, 5.74) is 10.6. The second-order valence-corrected chi connectivity index (χ2v) is 7.33. The molecule has 0 fully saturated rings. The SMILES string of the molecule is C[C@H](N)c1cccc(Cl)c1.O=C(O)C[C@H]1CCc2ccc3c(c21)CCO3. The number of aryl methyl sites for hydroxylation is 1. The van der Waals surface area contributed by atoms with Crippen molar-refractivity contribution >= 4 is 17.6 Å². The first-order chi connectivity index (χ1) is 12.5. The van der Waals surface area contributed by atoms with Crippen LogP contribution < -0.4 is 10.5 Å². The van der Waals surface area contributed by atoms with Gasteiger partial charge in [0.25, 0.3) is 0 Å². The third-order valence-corrected chi connectivity index (χ3v) is 5.21. The van der Waals surface area contributed by atoms with E-state index in [1.54, 1.807) is 0 Å². The topological polar surface area (TPSA) is 72.6 Å². The molecule has 0 unspecified atom stereocenters. The van der Waals surface area contributed by atoms with Crippen molar-refractivity contribution < 1.29 is 14.6 Å². The molecule has 2 aliphatic rings. The van der Waals surface area contributed by atoms with Crippen molar-refractivity contribution in [3.05, 3.63) is 63.7 Å². The molecular formula is C21H24ClNO3. The van der Waals surface area contributed by atoms with Crippen LogP contribution in [-0.2, 0) is 17.6 Å². The van der Waals surface area contributed by atoms with Crippen LogP contribution in [0.5, 0.6) is 5.75 Å². The summed E-state index contributed by atoms with van der Waals surface area (Å²) in [5, 5.41) is 9.66. The van der Waals surface area contributed by atoms with E-state index in [-0.39, 0.29) is 18.4 Å². The van der Waals surface area contributed by atoms with E-state index in [4.69, 9.17) is 27.2 Å². The van der Waals surface area contributed by atoms with Gasteiger partial charge in [-0.3, -0.25) is 4.79 Å². The van der Waals surface area contributed by atoms with Crippen molar-refractivity contribution in [2.45, 2.75) is 44.6 Å². The smallest absolute Gasteiger partial charge is 0.303 e. The van der Waals surface area contributed by atoms with Crippen LogP contribution >= 0.6 is 11.6 Å². The van der Waals surface area contributed by atoms with Gasteiger partial charge in [-0.15, -0.1) is 0 Å². The van der Waals surface area contributed by atoms with Crippen LogP contribution in [0.3, 0.4) is 0 Å². The maximum absolute atomic E-state index is 10.8. The van der Waals surface area contributed by atoms with Crippen LogP contribution in [-0.4, -0.2) is 17.7 Å². The number of halogens is 1.